The third kappa shape index (κ3) is 7.39. The summed E-state index contributed by atoms with van der Waals surface area (Å²) in [5.74, 6) is -1.77. The van der Waals surface area contributed by atoms with E-state index in [0.29, 0.717) is 31.9 Å². The Labute approximate surface area is 205 Å². The molecule has 10 nitrogen and oxygen atoms in total. The quantitative estimate of drug-likeness (QED) is 0.187. The number of carbonyl (C=O) groups is 2. The Bertz CT molecular complexity index is 1080. The number of benzene rings is 1. The number of para-hydroxylation sites is 2. The van der Waals surface area contributed by atoms with Crippen LogP contribution in [0.15, 0.2) is 43.1 Å². The Balaban J connectivity index is 1.79. The van der Waals surface area contributed by atoms with Crippen LogP contribution in [0.3, 0.4) is 0 Å². The van der Waals surface area contributed by atoms with E-state index in [0.717, 1.165) is 6.08 Å². The number of hydrogen-bond donors (Lipinski definition) is 5. The van der Waals surface area contributed by atoms with Gasteiger partial charge >= 0.3 is 6.18 Å². The van der Waals surface area contributed by atoms with Crippen LogP contribution >= 0.6 is 0 Å². The van der Waals surface area contributed by atoms with Gasteiger partial charge in [0, 0.05) is 18.2 Å². The molecule has 1 aliphatic rings. The normalized spacial score (nSPS) is 17.7. The average Bonchev–Trinajstić information content (AvgIpc) is 2.85. The third-order valence-corrected chi connectivity index (χ3v) is 5.46. The number of carbonyl (C=O) groups excluding carboxylic acids is 2. The fourth-order valence-electron chi connectivity index (χ4n) is 3.76. The molecule has 2 atom stereocenters. The first-order chi connectivity index (χ1) is 17.2. The number of anilines is 4. The van der Waals surface area contributed by atoms with Crippen LogP contribution < -0.4 is 21.4 Å². The molecule has 0 spiro atoms. The standard InChI is InChI=1S/C23H27F3N6O4/c1-2-19(34)29-17-8-3-4-9-18(17)30-20-16(23(24,25)26)13-27-22(31-20)28-15-7-5-6-14(12-15)21(35)32-36-11-10-33/h2-4,8-9,13-15,33H,1,5-7,10-12H2,(H,29,34)(H,32,35)(H2,27,28,30,31)/t14-,15+/m0/s1. The van der Waals surface area contributed by atoms with E-state index in [1.165, 1.54) is 12.1 Å². The highest BCUT2D eigenvalue weighted by Crippen LogP contribution is 2.36. The van der Waals surface area contributed by atoms with Gasteiger partial charge in [-0.2, -0.15) is 18.2 Å². The molecule has 36 heavy (non-hydrogen) atoms. The van der Waals surface area contributed by atoms with Gasteiger partial charge in [-0.1, -0.05) is 25.1 Å². The van der Waals surface area contributed by atoms with Crippen LogP contribution in [0.1, 0.15) is 31.2 Å². The summed E-state index contributed by atoms with van der Waals surface area (Å²) >= 11 is 0. The van der Waals surface area contributed by atoms with Crippen molar-refractivity contribution in [3.63, 3.8) is 0 Å². The number of nitrogens with zero attached hydrogens (tertiary/aromatic N) is 2. The van der Waals surface area contributed by atoms with Crippen molar-refractivity contribution in [2.75, 3.05) is 29.2 Å². The number of halogens is 3. The summed E-state index contributed by atoms with van der Waals surface area (Å²) in [7, 11) is 0. The monoisotopic (exact) mass is 508 g/mol. The number of amides is 2. The number of hydroxylamine groups is 1. The van der Waals surface area contributed by atoms with Gasteiger partial charge in [-0.15, -0.1) is 0 Å². The maximum Gasteiger partial charge on any atom is 0.421 e. The number of nitrogens with one attached hydrogen (secondary N) is 4. The minimum absolute atomic E-state index is 0.0320. The zero-order chi connectivity index (χ0) is 26.1. The van der Waals surface area contributed by atoms with Crippen molar-refractivity contribution in [2.24, 2.45) is 5.92 Å². The molecule has 5 N–H and O–H groups in total. The van der Waals surface area contributed by atoms with Gasteiger partial charge in [-0.05, 0) is 37.5 Å². The second kappa shape index (κ2) is 12.3. The van der Waals surface area contributed by atoms with E-state index in [4.69, 9.17) is 9.94 Å². The van der Waals surface area contributed by atoms with Crippen LogP contribution in [0.25, 0.3) is 0 Å². The van der Waals surface area contributed by atoms with Crippen molar-refractivity contribution in [3.8, 4) is 0 Å². The fourth-order valence-corrected chi connectivity index (χ4v) is 3.76. The average molecular weight is 509 g/mol. The zero-order valence-electron chi connectivity index (χ0n) is 19.3. The van der Waals surface area contributed by atoms with E-state index in [2.05, 4.69) is 38.0 Å². The zero-order valence-corrected chi connectivity index (χ0v) is 19.3. The molecule has 0 saturated heterocycles. The summed E-state index contributed by atoms with van der Waals surface area (Å²) < 4.78 is 41.0. The molecular weight excluding hydrogens is 481 g/mol. The van der Waals surface area contributed by atoms with Crippen LogP contribution in [0.2, 0.25) is 0 Å². The summed E-state index contributed by atoms with van der Waals surface area (Å²) in [6.07, 6.45) is -0.608. The maximum absolute atomic E-state index is 13.7. The van der Waals surface area contributed by atoms with E-state index in [-0.39, 0.29) is 48.4 Å². The summed E-state index contributed by atoms with van der Waals surface area (Å²) in [6, 6.07) is 5.98. The summed E-state index contributed by atoms with van der Waals surface area (Å²) in [4.78, 5) is 36.7. The van der Waals surface area contributed by atoms with E-state index < -0.39 is 23.5 Å². The molecule has 194 valence electrons. The third-order valence-electron chi connectivity index (χ3n) is 5.46. The highest BCUT2D eigenvalue weighted by atomic mass is 19.4. The molecule has 0 bridgehead atoms. The maximum atomic E-state index is 13.7. The Morgan fingerprint density at radius 3 is 2.67 bits per heavy atom. The minimum Gasteiger partial charge on any atom is -0.394 e. The molecule has 1 aromatic carbocycles. The lowest BCUT2D eigenvalue weighted by Gasteiger charge is -2.29. The topological polar surface area (TPSA) is 138 Å². The summed E-state index contributed by atoms with van der Waals surface area (Å²) in [5.41, 5.74) is 1.65. The number of hydrogen-bond acceptors (Lipinski definition) is 8. The fraction of sp³-hybridized carbons (Fsp3) is 0.391. The first-order valence-corrected chi connectivity index (χ1v) is 11.2. The smallest absolute Gasteiger partial charge is 0.394 e. The highest BCUT2D eigenvalue weighted by Gasteiger charge is 2.36. The molecule has 13 heteroatoms. The molecule has 2 aromatic rings. The predicted octanol–water partition coefficient (Wildman–Crippen LogP) is 3.37. The minimum atomic E-state index is -4.73. The molecule has 0 radical (unpaired) electrons. The predicted molar refractivity (Wildman–Crippen MR) is 126 cm³/mol. The van der Waals surface area contributed by atoms with Crippen LogP contribution in [-0.4, -0.2) is 46.1 Å². The van der Waals surface area contributed by atoms with Crippen LogP contribution in [-0.2, 0) is 20.6 Å². The Hall–Kier alpha value is -3.71. The molecule has 1 aliphatic carbocycles. The Morgan fingerprint density at radius 2 is 1.97 bits per heavy atom. The van der Waals surface area contributed by atoms with Crippen LogP contribution in [0.5, 0.6) is 0 Å². The molecule has 0 aliphatic heterocycles. The number of aliphatic hydroxyl groups excluding tert-OH is 1. The lowest BCUT2D eigenvalue weighted by Crippen LogP contribution is -2.38. The van der Waals surface area contributed by atoms with Crippen molar-refractivity contribution in [1.82, 2.24) is 15.4 Å². The molecule has 0 unspecified atom stereocenters. The largest absolute Gasteiger partial charge is 0.421 e. The van der Waals surface area contributed by atoms with Gasteiger partial charge in [-0.3, -0.25) is 14.4 Å². The second-order valence-corrected chi connectivity index (χ2v) is 8.06. The second-order valence-electron chi connectivity index (χ2n) is 8.06. The van der Waals surface area contributed by atoms with Crippen molar-refractivity contribution < 1.29 is 32.7 Å². The molecule has 2 amide bonds. The van der Waals surface area contributed by atoms with Crippen molar-refractivity contribution in [2.45, 2.75) is 37.9 Å². The van der Waals surface area contributed by atoms with E-state index in [1.54, 1.807) is 12.1 Å². The summed E-state index contributed by atoms with van der Waals surface area (Å²) in [6.45, 7) is 3.10. The lowest BCUT2D eigenvalue weighted by molar-refractivity contribution is -0.139. The SMILES string of the molecule is C=CC(=O)Nc1ccccc1Nc1nc(N[C@@H]2CCC[C@H](C(=O)NOCCO)C2)ncc1C(F)(F)F. The van der Waals surface area contributed by atoms with Gasteiger partial charge in [-0.25, -0.2) is 10.5 Å². The van der Waals surface area contributed by atoms with Crippen LogP contribution in [0, 0.1) is 5.92 Å². The molecular formula is C23H27F3N6O4. The van der Waals surface area contributed by atoms with Gasteiger partial charge in [0.05, 0.1) is 24.6 Å². The molecule has 1 heterocycles. The first-order valence-electron chi connectivity index (χ1n) is 11.2. The number of rotatable bonds is 10. The van der Waals surface area contributed by atoms with Crippen molar-refractivity contribution in [3.05, 3.63) is 48.7 Å². The first kappa shape index (κ1) is 26.9. The molecule has 1 fully saturated rings. The number of alkyl halides is 3. The van der Waals surface area contributed by atoms with Gasteiger partial charge in [0.2, 0.25) is 17.8 Å². The van der Waals surface area contributed by atoms with Gasteiger partial charge in [0.15, 0.2) is 0 Å². The molecule has 3 rings (SSSR count). The molecule has 1 saturated carbocycles. The van der Waals surface area contributed by atoms with Gasteiger partial charge in [0.1, 0.15) is 11.4 Å². The van der Waals surface area contributed by atoms with Gasteiger partial charge in [0.25, 0.3) is 0 Å². The van der Waals surface area contributed by atoms with Crippen molar-refractivity contribution in [1.29, 1.82) is 0 Å². The summed E-state index contributed by atoms with van der Waals surface area (Å²) in [5, 5.41) is 16.9. The Kier molecular flexibility index (Phi) is 9.19. The Morgan fingerprint density at radius 1 is 1.22 bits per heavy atom. The highest BCUT2D eigenvalue weighted by molar-refractivity contribution is 6.01. The van der Waals surface area contributed by atoms with Gasteiger partial charge < -0.3 is 21.1 Å². The van der Waals surface area contributed by atoms with E-state index >= 15 is 0 Å². The number of aliphatic hydroxyl groups is 1. The number of aromatic nitrogens is 2. The lowest BCUT2D eigenvalue weighted by atomic mass is 9.85. The van der Waals surface area contributed by atoms with E-state index in [1.807, 2.05) is 0 Å². The molecule has 1 aromatic heterocycles. The van der Waals surface area contributed by atoms with Crippen molar-refractivity contribution >= 4 is 35.0 Å². The van der Waals surface area contributed by atoms with Crippen LogP contribution in [0.4, 0.5) is 36.3 Å². The van der Waals surface area contributed by atoms with E-state index in [9.17, 15) is 22.8 Å².